The lowest BCUT2D eigenvalue weighted by atomic mass is 10.2. The molecule has 0 spiro atoms. The zero-order chi connectivity index (χ0) is 15.9. The molecule has 0 aliphatic rings. The lowest BCUT2D eigenvalue weighted by molar-refractivity contribution is -0.118. The van der Waals surface area contributed by atoms with Crippen LogP contribution >= 0.6 is 0 Å². The number of carbonyl (C=O) groups excluding carboxylic acids is 2. The first-order chi connectivity index (χ1) is 10.7. The third-order valence-electron chi connectivity index (χ3n) is 3.15. The van der Waals surface area contributed by atoms with Crippen LogP contribution in [0.5, 0.6) is 0 Å². The van der Waals surface area contributed by atoms with Gasteiger partial charge in [-0.3, -0.25) is 14.5 Å². The average Bonchev–Trinajstić information content (AvgIpc) is 2.57. The molecule has 0 aliphatic heterocycles. The summed E-state index contributed by atoms with van der Waals surface area (Å²) in [5, 5.41) is 2.74. The van der Waals surface area contributed by atoms with Crippen LogP contribution in [0.25, 0.3) is 0 Å². The van der Waals surface area contributed by atoms with Crippen molar-refractivity contribution >= 4 is 29.0 Å². The standard InChI is InChI=1S/C17H19N3O2/c1-3-16(21)19-13-10-11-15(18-12-13)20(17(22)4-2)14-8-6-5-7-9-14/h5-12H,3-4H2,1-2H3,(H,19,21). The smallest absolute Gasteiger partial charge is 0.232 e. The SMILES string of the molecule is CCC(=O)Nc1ccc(N(C(=O)CC)c2ccccc2)nc1. The molecule has 0 radical (unpaired) electrons. The number of benzene rings is 1. The Labute approximate surface area is 130 Å². The number of anilines is 3. The number of carbonyl (C=O) groups is 2. The van der Waals surface area contributed by atoms with Crippen molar-refractivity contribution in [3.05, 3.63) is 48.7 Å². The summed E-state index contributed by atoms with van der Waals surface area (Å²) in [6, 6.07) is 12.8. The van der Waals surface area contributed by atoms with Crippen molar-refractivity contribution in [2.24, 2.45) is 0 Å². The number of nitrogens with one attached hydrogen (secondary N) is 1. The number of aromatic nitrogens is 1. The van der Waals surface area contributed by atoms with Crippen molar-refractivity contribution < 1.29 is 9.59 Å². The van der Waals surface area contributed by atoms with Crippen molar-refractivity contribution in [3.8, 4) is 0 Å². The third kappa shape index (κ3) is 3.69. The van der Waals surface area contributed by atoms with E-state index in [1.807, 2.05) is 37.3 Å². The fraction of sp³-hybridized carbons (Fsp3) is 0.235. The minimum absolute atomic E-state index is 0.0379. The molecule has 0 unspecified atom stereocenters. The fourth-order valence-electron chi connectivity index (χ4n) is 1.98. The molecule has 1 aromatic carbocycles. The fourth-order valence-corrected chi connectivity index (χ4v) is 1.98. The maximum atomic E-state index is 12.2. The van der Waals surface area contributed by atoms with Gasteiger partial charge >= 0.3 is 0 Å². The van der Waals surface area contributed by atoms with Crippen molar-refractivity contribution in [3.63, 3.8) is 0 Å². The summed E-state index contributed by atoms with van der Waals surface area (Å²) in [7, 11) is 0. The van der Waals surface area contributed by atoms with Gasteiger partial charge in [-0.2, -0.15) is 0 Å². The van der Waals surface area contributed by atoms with E-state index in [1.165, 1.54) is 0 Å². The van der Waals surface area contributed by atoms with E-state index in [-0.39, 0.29) is 11.8 Å². The van der Waals surface area contributed by atoms with Crippen LogP contribution in [-0.4, -0.2) is 16.8 Å². The van der Waals surface area contributed by atoms with Crippen LogP contribution in [-0.2, 0) is 9.59 Å². The van der Waals surface area contributed by atoms with E-state index in [4.69, 9.17) is 0 Å². The summed E-state index contributed by atoms with van der Waals surface area (Å²) in [6.07, 6.45) is 2.35. The monoisotopic (exact) mass is 297 g/mol. The lowest BCUT2D eigenvalue weighted by Gasteiger charge is -2.21. The Bertz CT molecular complexity index is 639. The van der Waals surface area contributed by atoms with Gasteiger partial charge in [-0.1, -0.05) is 32.0 Å². The Balaban J connectivity index is 2.29. The highest BCUT2D eigenvalue weighted by molar-refractivity contribution is 5.99. The summed E-state index contributed by atoms with van der Waals surface area (Å²) in [4.78, 5) is 29.5. The van der Waals surface area contributed by atoms with E-state index in [1.54, 1.807) is 30.2 Å². The molecule has 5 nitrogen and oxygen atoms in total. The number of rotatable bonds is 5. The van der Waals surface area contributed by atoms with Gasteiger partial charge < -0.3 is 5.32 Å². The van der Waals surface area contributed by atoms with E-state index in [0.717, 1.165) is 5.69 Å². The summed E-state index contributed by atoms with van der Waals surface area (Å²) in [5.74, 6) is 0.427. The normalized spacial score (nSPS) is 10.1. The van der Waals surface area contributed by atoms with Gasteiger partial charge in [0.25, 0.3) is 0 Å². The average molecular weight is 297 g/mol. The maximum Gasteiger partial charge on any atom is 0.232 e. The number of amides is 2. The molecule has 1 heterocycles. The van der Waals surface area contributed by atoms with Crippen LogP contribution in [0.1, 0.15) is 26.7 Å². The quantitative estimate of drug-likeness (QED) is 0.918. The van der Waals surface area contributed by atoms with Crippen molar-refractivity contribution in [2.75, 3.05) is 10.2 Å². The number of hydrogen-bond donors (Lipinski definition) is 1. The van der Waals surface area contributed by atoms with Crippen molar-refractivity contribution in [2.45, 2.75) is 26.7 Å². The summed E-state index contributed by atoms with van der Waals surface area (Å²) in [5.41, 5.74) is 1.39. The highest BCUT2D eigenvalue weighted by Crippen LogP contribution is 2.25. The first kappa shape index (κ1) is 15.7. The Hall–Kier alpha value is -2.69. The van der Waals surface area contributed by atoms with Gasteiger partial charge in [-0.05, 0) is 24.3 Å². The molecule has 0 atom stereocenters. The molecule has 114 valence electrons. The molecule has 2 aromatic rings. The molecule has 22 heavy (non-hydrogen) atoms. The predicted molar refractivity (Wildman–Crippen MR) is 87.0 cm³/mol. The zero-order valence-corrected chi connectivity index (χ0v) is 12.7. The van der Waals surface area contributed by atoms with Gasteiger partial charge in [0.15, 0.2) is 0 Å². The number of para-hydroxylation sites is 1. The van der Waals surface area contributed by atoms with E-state index < -0.39 is 0 Å². The molecular formula is C17H19N3O2. The van der Waals surface area contributed by atoms with Crippen LogP contribution in [0.15, 0.2) is 48.7 Å². The highest BCUT2D eigenvalue weighted by Gasteiger charge is 2.17. The molecule has 0 saturated carbocycles. The Morgan fingerprint density at radius 3 is 2.32 bits per heavy atom. The summed E-state index contributed by atoms with van der Waals surface area (Å²) in [6.45, 7) is 3.60. The molecule has 2 rings (SSSR count). The van der Waals surface area contributed by atoms with Gasteiger partial charge in [0.1, 0.15) is 5.82 Å². The molecule has 5 heteroatoms. The molecule has 1 aromatic heterocycles. The Kier molecular flexibility index (Phi) is 5.25. The van der Waals surface area contributed by atoms with E-state index in [9.17, 15) is 9.59 Å². The molecule has 0 aliphatic carbocycles. The predicted octanol–water partition coefficient (Wildman–Crippen LogP) is 3.50. The lowest BCUT2D eigenvalue weighted by Crippen LogP contribution is -2.25. The van der Waals surface area contributed by atoms with Gasteiger partial charge in [0.2, 0.25) is 11.8 Å². The van der Waals surface area contributed by atoms with Crippen molar-refractivity contribution in [1.29, 1.82) is 0 Å². The number of pyridine rings is 1. The van der Waals surface area contributed by atoms with Crippen LogP contribution in [0, 0.1) is 0 Å². The minimum atomic E-state index is -0.0703. The molecular weight excluding hydrogens is 278 g/mol. The Morgan fingerprint density at radius 1 is 1.05 bits per heavy atom. The second-order valence-electron chi connectivity index (χ2n) is 4.73. The maximum absolute atomic E-state index is 12.2. The van der Waals surface area contributed by atoms with Crippen LogP contribution in [0.4, 0.5) is 17.2 Å². The largest absolute Gasteiger partial charge is 0.325 e. The first-order valence-electron chi connectivity index (χ1n) is 7.29. The van der Waals surface area contributed by atoms with Gasteiger partial charge in [0.05, 0.1) is 17.6 Å². The second kappa shape index (κ2) is 7.36. The summed E-state index contributed by atoms with van der Waals surface area (Å²) >= 11 is 0. The highest BCUT2D eigenvalue weighted by atomic mass is 16.2. The van der Waals surface area contributed by atoms with Gasteiger partial charge in [-0.15, -0.1) is 0 Å². The van der Waals surface area contributed by atoms with Gasteiger partial charge in [-0.25, -0.2) is 4.98 Å². The van der Waals surface area contributed by atoms with Crippen LogP contribution < -0.4 is 10.2 Å². The second-order valence-corrected chi connectivity index (χ2v) is 4.73. The molecule has 0 bridgehead atoms. The van der Waals surface area contributed by atoms with E-state index in [0.29, 0.717) is 24.3 Å². The van der Waals surface area contributed by atoms with Gasteiger partial charge in [0, 0.05) is 12.8 Å². The van der Waals surface area contributed by atoms with E-state index in [2.05, 4.69) is 10.3 Å². The Morgan fingerprint density at radius 2 is 1.77 bits per heavy atom. The van der Waals surface area contributed by atoms with E-state index >= 15 is 0 Å². The zero-order valence-electron chi connectivity index (χ0n) is 12.7. The first-order valence-corrected chi connectivity index (χ1v) is 7.29. The number of nitrogens with zero attached hydrogens (tertiary/aromatic N) is 2. The van der Waals surface area contributed by atoms with Crippen LogP contribution in [0.2, 0.25) is 0 Å². The molecule has 0 fully saturated rings. The topological polar surface area (TPSA) is 62.3 Å². The summed E-state index contributed by atoms with van der Waals surface area (Å²) < 4.78 is 0. The number of hydrogen-bond acceptors (Lipinski definition) is 3. The molecule has 2 amide bonds. The molecule has 1 N–H and O–H groups in total. The third-order valence-corrected chi connectivity index (χ3v) is 3.15. The minimum Gasteiger partial charge on any atom is -0.325 e. The van der Waals surface area contributed by atoms with Crippen LogP contribution in [0.3, 0.4) is 0 Å². The molecule has 0 saturated heterocycles. The van der Waals surface area contributed by atoms with Crippen molar-refractivity contribution in [1.82, 2.24) is 4.98 Å².